The predicted molar refractivity (Wildman–Crippen MR) is 33.0 cm³/mol. The normalized spacial score (nSPS) is 17.4. The number of hydrogen-bond acceptors (Lipinski definition) is 3. The minimum atomic E-state index is 0.0526. The van der Waals surface area contributed by atoms with Gasteiger partial charge in [0.05, 0.1) is 18.6 Å². The van der Waals surface area contributed by atoms with Crippen LogP contribution in [0.25, 0.3) is 0 Å². The Bertz CT molecular complexity index is 128. The summed E-state index contributed by atoms with van der Waals surface area (Å²) in [7, 11) is 0. The Morgan fingerprint density at radius 3 is 3.00 bits per heavy atom. The van der Waals surface area contributed by atoms with Gasteiger partial charge >= 0.3 is 0 Å². The van der Waals surface area contributed by atoms with Crippen molar-refractivity contribution < 1.29 is 9.29 Å². The van der Waals surface area contributed by atoms with Crippen LogP contribution in [0.15, 0.2) is 23.3 Å². The van der Waals surface area contributed by atoms with E-state index in [1.807, 2.05) is 6.08 Å². The number of rotatable bonds is 1. The Labute approximate surface area is 52.1 Å². The highest BCUT2D eigenvalue weighted by atomic mass is 32.2. The Morgan fingerprint density at radius 1 is 1.75 bits per heavy atom. The van der Waals surface area contributed by atoms with Crippen LogP contribution in [0.1, 0.15) is 0 Å². The van der Waals surface area contributed by atoms with Crippen LogP contribution in [0, 0.1) is 0 Å². The molecule has 1 aliphatic rings. The molecule has 1 N–H and O–H groups in total. The summed E-state index contributed by atoms with van der Waals surface area (Å²) in [4.78, 5) is 0. The highest BCUT2D eigenvalue weighted by molar-refractivity contribution is 7.97. The summed E-state index contributed by atoms with van der Waals surface area (Å²) < 4.78 is 4.78. The topological polar surface area (TPSA) is 29.5 Å². The van der Waals surface area contributed by atoms with E-state index < -0.39 is 0 Å². The highest BCUT2D eigenvalue weighted by Crippen LogP contribution is 2.14. The minimum Gasteiger partial charge on any atom is -0.429 e. The van der Waals surface area contributed by atoms with Gasteiger partial charge in [-0.05, 0) is 6.08 Å². The van der Waals surface area contributed by atoms with Gasteiger partial charge in [-0.2, -0.15) is 0 Å². The predicted octanol–water partition coefficient (Wildman–Crippen LogP) is 1.05. The first kappa shape index (κ1) is 5.72. The monoisotopic (exact) mass is 130 g/mol. The quantitative estimate of drug-likeness (QED) is 0.538. The van der Waals surface area contributed by atoms with Crippen molar-refractivity contribution in [1.82, 2.24) is 0 Å². The van der Waals surface area contributed by atoms with Gasteiger partial charge in [-0.1, -0.05) is 0 Å². The third-order valence-electron chi connectivity index (χ3n) is 0.775. The average Bonchev–Trinajstić information content (AvgIpc) is 1.90. The molecule has 1 aliphatic heterocycles. The zero-order valence-corrected chi connectivity index (χ0v) is 5.02. The molecular formula is C5H6O2S. The van der Waals surface area contributed by atoms with Crippen molar-refractivity contribution in [3.8, 4) is 0 Å². The minimum absolute atomic E-state index is 0.0526. The number of hydrogen-bond donors (Lipinski definition) is 1. The molecule has 0 spiro atoms. The summed E-state index contributed by atoms with van der Waals surface area (Å²) in [6.07, 6.45) is 3.35. The first-order valence-electron chi connectivity index (χ1n) is 2.22. The molecule has 0 saturated carbocycles. The van der Waals surface area contributed by atoms with Crippen molar-refractivity contribution in [1.29, 1.82) is 0 Å². The van der Waals surface area contributed by atoms with E-state index in [9.17, 15) is 0 Å². The summed E-state index contributed by atoms with van der Waals surface area (Å²) in [5.41, 5.74) is 0.809. The highest BCUT2D eigenvalue weighted by Gasteiger charge is 1.93. The fourth-order valence-electron chi connectivity index (χ4n) is 0.366. The average molecular weight is 130 g/mol. The molecule has 0 fully saturated rings. The van der Waals surface area contributed by atoms with Crippen LogP contribution in [0.2, 0.25) is 0 Å². The van der Waals surface area contributed by atoms with E-state index in [1.54, 1.807) is 5.41 Å². The van der Waals surface area contributed by atoms with Crippen LogP contribution < -0.4 is 0 Å². The molecule has 0 bridgehead atoms. The van der Waals surface area contributed by atoms with Crippen molar-refractivity contribution in [2.75, 3.05) is 6.61 Å². The van der Waals surface area contributed by atoms with Crippen molar-refractivity contribution in [2.24, 2.45) is 0 Å². The molecule has 8 heavy (non-hydrogen) atoms. The first-order valence-corrected chi connectivity index (χ1v) is 3.02. The van der Waals surface area contributed by atoms with Gasteiger partial charge in [0, 0.05) is 11.0 Å². The second-order valence-corrected chi connectivity index (χ2v) is 2.00. The fraction of sp³-hybridized carbons (Fsp3) is 0.200. The first-order chi connectivity index (χ1) is 3.93. The van der Waals surface area contributed by atoms with Crippen LogP contribution in [-0.2, 0) is 4.18 Å². The Kier molecular flexibility index (Phi) is 2.00. The molecule has 44 valence electrons. The van der Waals surface area contributed by atoms with Crippen LogP contribution in [0.4, 0.5) is 0 Å². The summed E-state index contributed by atoms with van der Waals surface area (Å²) in [6, 6.07) is 0. The third-order valence-corrected chi connectivity index (χ3v) is 1.23. The van der Waals surface area contributed by atoms with Gasteiger partial charge in [0.2, 0.25) is 0 Å². The summed E-state index contributed by atoms with van der Waals surface area (Å²) in [5.74, 6) is 0. The molecule has 3 heteroatoms. The van der Waals surface area contributed by atoms with Crippen LogP contribution >= 0.6 is 12.0 Å². The largest absolute Gasteiger partial charge is 0.429 e. The molecule has 0 atom stereocenters. The van der Waals surface area contributed by atoms with Crippen LogP contribution in [-0.4, -0.2) is 11.7 Å². The zero-order valence-electron chi connectivity index (χ0n) is 4.20. The molecule has 1 heterocycles. The lowest BCUT2D eigenvalue weighted by molar-refractivity contribution is 0.330. The molecule has 0 radical (unpaired) electrons. The Balaban J connectivity index is 2.51. The lowest BCUT2D eigenvalue weighted by Crippen LogP contribution is -1.88. The molecule has 0 unspecified atom stereocenters. The molecule has 0 aromatic carbocycles. The van der Waals surface area contributed by atoms with Crippen LogP contribution in [0.3, 0.4) is 0 Å². The van der Waals surface area contributed by atoms with E-state index in [0.29, 0.717) is 0 Å². The molecule has 0 amide bonds. The SMILES string of the molecule is OCC1=COSC=C1. The summed E-state index contributed by atoms with van der Waals surface area (Å²) in [5, 5.41) is 10.3. The van der Waals surface area contributed by atoms with E-state index in [-0.39, 0.29) is 6.61 Å². The molecule has 0 aromatic heterocycles. The molecular weight excluding hydrogens is 124 g/mol. The van der Waals surface area contributed by atoms with Gasteiger partial charge in [-0.15, -0.1) is 0 Å². The van der Waals surface area contributed by atoms with Crippen molar-refractivity contribution in [3.05, 3.63) is 23.3 Å². The van der Waals surface area contributed by atoms with E-state index in [1.165, 1.54) is 18.3 Å². The van der Waals surface area contributed by atoms with Crippen molar-refractivity contribution in [3.63, 3.8) is 0 Å². The van der Waals surface area contributed by atoms with Gasteiger partial charge in [-0.3, -0.25) is 0 Å². The zero-order chi connectivity index (χ0) is 5.82. The van der Waals surface area contributed by atoms with E-state index in [2.05, 4.69) is 0 Å². The smallest absolute Gasteiger partial charge is 0.107 e. The van der Waals surface area contributed by atoms with Crippen molar-refractivity contribution in [2.45, 2.75) is 0 Å². The molecule has 0 saturated heterocycles. The maximum Gasteiger partial charge on any atom is 0.107 e. The van der Waals surface area contributed by atoms with Crippen molar-refractivity contribution >= 4 is 12.0 Å². The standard InChI is InChI=1S/C5H6O2S/c6-3-5-1-2-8-7-4-5/h1-2,4,6H,3H2. The van der Waals surface area contributed by atoms with Gasteiger partial charge in [0.15, 0.2) is 0 Å². The molecule has 0 aliphatic carbocycles. The van der Waals surface area contributed by atoms with E-state index >= 15 is 0 Å². The molecule has 1 rings (SSSR count). The Morgan fingerprint density at radius 2 is 2.62 bits per heavy atom. The fourth-order valence-corrected chi connectivity index (χ4v) is 0.840. The van der Waals surface area contributed by atoms with Gasteiger partial charge in [0.1, 0.15) is 6.26 Å². The van der Waals surface area contributed by atoms with Crippen LogP contribution in [0.5, 0.6) is 0 Å². The lowest BCUT2D eigenvalue weighted by Gasteiger charge is -2.01. The third kappa shape index (κ3) is 1.28. The Hall–Kier alpha value is -0.410. The lowest BCUT2D eigenvalue weighted by atomic mass is 10.3. The van der Waals surface area contributed by atoms with Gasteiger partial charge in [-0.25, -0.2) is 0 Å². The van der Waals surface area contributed by atoms with Gasteiger partial charge < -0.3 is 9.29 Å². The second kappa shape index (κ2) is 2.79. The van der Waals surface area contributed by atoms with E-state index in [4.69, 9.17) is 9.29 Å². The molecule has 0 aromatic rings. The number of aliphatic hydroxyl groups excluding tert-OH is 1. The maximum absolute atomic E-state index is 8.48. The summed E-state index contributed by atoms with van der Waals surface area (Å²) >= 11 is 1.25. The maximum atomic E-state index is 8.48. The number of aliphatic hydroxyl groups is 1. The molecule has 2 nitrogen and oxygen atoms in total. The summed E-state index contributed by atoms with van der Waals surface area (Å²) in [6.45, 7) is 0.0526. The second-order valence-electron chi connectivity index (χ2n) is 1.35. The van der Waals surface area contributed by atoms with Gasteiger partial charge in [0.25, 0.3) is 0 Å². The van der Waals surface area contributed by atoms with E-state index in [0.717, 1.165) is 5.57 Å².